The third-order valence-corrected chi connectivity index (χ3v) is 5.16. The van der Waals surface area contributed by atoms with Crippen molar-refractivity contribution in [1.29, 1.82) is 0 Å². The molecule has 1 atom stereocenters. The maximum absolute atomic E-state index is 13.5. The Morgan fingerprint density at radius 3 is 2.71 bits per heavy atom. The fraction of sp³-hybridized carbons (Fsp3) is 0.409. The van der Waals surface area contributed by atoms with Crippen LogP contribution in [0.3, 0.4) is 0 Å². The van der Waals surface area contributed by atoms with Crippen molar-refractivity contribution in [3.63, 3.8) is 0 Å². The molecule has 150 valence electrons. The Hall–Kier alpha value is -2.60. The lowest BCUT2D eigenvalue weighted by Gasteiger charge is -2.22. The largest absolute Gasteiger partial charge is 0.392 e. The molecule has 3 rings (SSSR count). The van der Waals surface area contributed by atoms with Gasteiger partial charge in [-0.1, -0.05) is 18.2 Å². The molecule has 1 heterocycles. The molecule has 0 spiro atoms. The number of anilines is 1. The summed E-state index contributed by atoms with van der Waals surface area (Å²) in [4.78, 5) is 6.72. The van der Waals surface area contributed by atoms with Crippen molar-refractivity contribution in [1.82, 2.24) is 10.6 Å². The lowest BCUT2D eigenvalue weighted by atomic mass is 10.1. The van der Waals surface area contributed by atoms with Gasteiger partial charge in [-0.2, -0.15) is 0 Å². The van der Waals surface area contributed by atoms with Crippen LogP contribution in [-0.2, 0) is 13.2 Å². The second-order valence-corrected chi connectivity index (χ2v) is 7.16. The van der Waals surface area contributed by atoms with Crippen molar-refractivity contribution in [2.45, 2.75) is 39.0 Å². The van der Waals surface area contributed by atoms with E-state index in [9.17, 15) is 9.50 Å². The zero-order valence-electron chi connectivity index (χ0n) is 16.6. The molecule has 28 heavy (non-hydrogen) atoms. The van der Waals surface area contributed by atoms with Crippen LogP contribution in [0, 0.1) is 5.82 Å². The Balaban J connectivity index is 1.60. The normalized spacial score (nSPS) is 15.6. The lowest BCUT2D eigenvalue weighted by Crippen LogP contribution is -2.38. The maximum atomic E-state index is 13.5. The van der Waals surface area contributed by atoms with Crippen molar-refractivity contribution in [2.75, 3.05) is 25.0 Å². The van der Waals surface area contributed by atoms with Gasteiger partial charge in [0, 0.05) is 37.9 Å². The molecular formula is C22H29FN4O. The molecule has 1 unspecified atom stereocenters. The maximum Gasteiger partial charge on any atom is 0.191 e. The number of hydrogen-bond donors (Lipinski definition) is 3. The number of guanidine groups is 1. The molecule has 0 radical (unpaired) electrons. The summed E-state index contributed by atoms with van der Waals surface area (Å²) in [5.41, 5.74) is 3.66. The number of nitrogens with zero attached hydrogens (tertiary/aromatic N) is 2. The molecule has 3 N–H and O–H groups in total. The third-order valence-electron chi connectivity index (χ3n) is 5.16. The van der Waals surface area contributed by atoms with E-state index in [0.29, 0.717) is 18.1 Å². The predicted molar refractivity (Wildman–Crippen MR) is 112 cm³/mol. The molecule has 0 amide bonds. The predicted octanol–water partition coefficient (Wildman–Crippen LogP) is 3.34. The molecule has 0 saturated carbocycles. The first-order chi connectivity index (χ1) is 13.6. The Morgan fingerprint density at radius 1 is 1.21 bits per heavy atom. The van der Waals surface area contributed by atoms with Gasteiger partial charge in [0.15, 0.2) is 5.96 Å². The molecular weight excluding hydrogens is 355 g/mol. The third kappa shape index (κ3) is 5.01. The Bertz CT molecular complexity index is 818. The molecule has 1 saturated heterocycles. The highest BCUT2D eigenvalue weighted by Crippen LogP contribution is 2.24. The van der Waals surface area contributed by atoms with Gasteiger partial charge in [-0.25, -0.2) is 4.39 Å². The highest BCUT2D eigenvalue weighted by molar-refractivity contribution is 5.80. The molecule has 2 aromatic carbocycles. The number of aliphatic hydroxyl groups excluding tert-OH is 1. The summed E-state index contributed by atoms with van der Waals surface area (Å²) in [5.74, 6) is 0.286. The summed E-state index contributed by atoms with van der Waals surface area (Å²) < 4.78 is 13.5. The molecule has 1 aliphatic rings. The zero-order valence-corrected chi connectivity index (χ0v) is 16.6. The SMILES string of the molecule is CN=C(NCc1ccc(F)c(CO)c1)NC(C)c1cccc(N2CCCC2)c1. The van der Waals surface area contributed by atoms with Crippen LogP contribution in [-0.4, -0.2) is 31.2 Å². The van der Waals surface area contributed by atoms with Crippen LogP contribution >= 0.6 is 0 Å². The Kier molecular flexibility index (Phi) is 6.87. The minimum Gasteiger partial charge on any atom is -0.392 e. The van der Waals surface area contributed by atoms with E-state index in [4.69, 9.17) is 0 Å². The monoisotopic (exact) mass is 384 g/mol. The molecule has 0 bridgehead atoms. The standard InChI is InChI=1S/C22H29FN4O/c1-16(18-6-5-7-20(13-18)27-10-3-4-11-27)26-22(24-2)25-14-17-8-9-21(23)19(12-17)15-28/h5-9,12-13,16,28H,3-4,10-11,14-15H2,1-2H3,(H2,24,25,26). The van der Waals surface area contributed by atoms with E-state index in [2.05, 4.69) is 51.7 Å². The highest BCUT2D eigenvalue weighted by atomic mass is 19.1. The van der Waals surface area contributed by atoms with Crippen LogP contribution in [0.25, 0.3) is 0 Å². The minimum atomic E-state index is -0.389. The Morgan fingerprint density at radius 2 is 2.00 bits per heavy atom. The summed E-state index contributed by atoms with van der Waals surface area (Å²) in [7, 11) is 1.73. The summed E-state index contributed by atoms with van der Waals surface area (Å²) in [6, 6.07) is 13.5. The van der Waals surface area contributed by atoms with Gasteiger partial charge in [-0.3, -0.25) is 4.99 Å². The van der Waals surface area contributed by atoms with E-state index in [1.807, 2.05) is 0 Å². The number of benzene rings is 2. The summed E-state index contributed by atoms with van der Waals surface area (Å²) in [6.07, 6.45) is 2.52. The first kappa shape index (κ1) is 20.1. The van der Waals surface area contributed by atoms with Crippen molar-refractivity contribution in [3.8, 4) is 0 Å². The fourth-order valence-electron chi connectivity index (χ4n) is 3.49. The van der Waals surface area contributed by atoms with Gasteiger partial charge in [0.1, 0.15) is 5.82 Å². The van der Waals surface area contributed by atoms with Crippen LogP contribution < -0.4 is 15.5 Å². The van der Waals surface area contributed by atoms with Crippen molar-refractivity contribution in [2.24, 2.45) is 4.99 Å². The molecule has 0 aliphatic carbocycles. The summed E-state index contributed by atoms with van der Waals surface area (Å²) >= 11 is 0. The number of aliphatic hydroxyl groups is 1. The van der Waals surface area contributed by atoms with E-state index >= 15 is 0 Å². The van der Waals surface area contributed by atoms with Gasteiger partial charge in [0.25, 0.3) is 0 Å². The van der Waals surface area contributed by atoms with Crippen molar-refractivity contribution in [3.05, 3.63) is 65.0 Å². The van der Waals surface area contributed by atoms with Crippen LogP contribution in [0.15, 0.2) is 47.5 Å². The van der Waals surface area contributed by atoms with Gasteiger partial charge < -0.3 is 20.6 Å². The van der Waals surface area contributed by atoms with Gasteiger partial charge in [-0.05, 0) is 55.2 Å². The number of halogens is 1. The van der Waals surface area contributed by atoms with Crippen molar-refractivity contribution < 1.29 is 9.50 Å². The highest BCUT2D eigenvalue weighted by Gasteiger charge is 2.14. The zero-order chi connectivity index (χ0) is 19.9. The molecule has 6 heteroatoms. The first-order valence-corrected chi connectivity index (χ1v) is 9.81. The molecule has 0 aromatic heterocycles. The number of hydrogen-bond acceptors (Lipinski definition) is 3. The van der Waals surface area contributed by atoms with Gasteiger partial charge in [-0.15, -0.1) is 0 Å². The molecule has 1 fully saturated rings. The average molecular weight is 384 g/mol. The second-order valence-electron chi connectivity index (χ2n) is 7.16. The van der Waals surface area contributed by atoms with Crippen LogP contribution in [0.2, 0.25) is 0 Å². The van der Waals surface area contributed by atoms with Gasteiger partial charge in [0.05, 0.1) is 12.6 Å². The summed E-state index contributed by atoms with van der Waals surface area (Å²) in [6.45, 7) is 4.55. The lowest BCUT2D eigenvalue weighted by molar-refractivity contribution is 0.275. The Labute approximate surface area is 166 Å². The quantitative estimate of drug-likeness (QED) is 0.528. The van der Waals surface area contributed by atoms with Crippen LogP contribution in [0.5, 0.6) is 0 Å². The number of aliphatic imine (C=N–C) groups is 1. The second kappa shape index (κ2) is 9.55. The fourth-order valence-corrected chi connectivity index (χ4v) is 3.49. The molecule has 5 nitrogen and oxygen atoms in total. The molecule has 1 aliphatic heterocycles. The minimum absolute atomic E-state index is 0.0926. The van der Waals surface area contributed by atoms with E-state index < -0.39 is 0 Å². The topological polar surface area (TPSA) is 59.9 Å². The van der Waals surface area contributed by atoms with Gasteiger partial charge >= 0.3 is 0 Å². The van der Waals surface area contributed by atoms with E-state index in [0.717, 1.165) is 18.7 Å². The molecule has 2 aromatic rings. The number of rotatable bonds is 6. The number of nitrogens with one attached hydrogen (secondary N) is 2. The van der Waals surface area contributed by atoms with E-state index in [1.54, 1.807) is 19.2 Å². The van der Waals surface area contributed by atoms with Crippen LogP contribution in [0.4, 0.5) is 10.1 Å². The summed E-state index contributed by atoms with van der Waals surface area (Å²) in [5, 5.41) is 15.9. The van der Waals surface area contributed by atoms with Crippen molar-refractivity contribution >= 4 is 11.6 Å². The van der Waals surface area contributed by atoms with E-state index in [1.165, 1.54) is 30.2 Å². The smallest absolute Gasteiger partial charge is 0.191 e. The van der Waals surface area contributed by atoms with E-state index in [-0.39, 0.29) is 18.5 Å². The van der Waals surface area contributed by atoms with Gasteiger partial charge in [0.2, 0.25) is 0 Å². The van der Waals surface area contributed by atoms with Crippen LogP contribution in [0.1, 0.15) is 42.5 Å². The first-order valence-electron chi connectivity index (χ1n) is 9.81. The average Bonchev–Trinajstić information content (AvgIpc) is 3.27.